The van der Waals surface area contributed by atoms with Gasteiger partial charge in [-0.05, 0) is 6.42 Å². The highest BCUT2D eigenvalue weighted by Crippen LogP contribution is 2.10. The maximum absolute atomic E-state index is 11.2. The number of nitrogens with zero attached hydrogens (tertiary/aromatic N) is 3. The molecule has 5 nitrogen and oxygen atoms in total. The maximum Gasteiger partial charge on any atom is 0.222 e. The van der Waals surface area contributed by atoms with Gasteiger partial charge < -0.3 is 10.2 Å². The lowest BCUT2D eigenvalue weighted by Gasteiger charge is -2.14. The standard InChI is InChI=1S/C8H12N4OS/c13-7-2-1-4-12(7)5-3-9-8-11-10-6-14-8/h6H,1-5H2,(H,9,11). The quantitative estimate of drug-likeness (QED) is 0.793. The Labute approximate surface area is 86.1 Å². The van der Waals surface area contributed by atoms with Gasteiger partial charge in [0.2, 0.25) is 11.0 Å². The van der Waals surface area contributed by atoms with Crippen LogP contribution in [-0.4, -0.2) is 40.6 Å². The molecule has 0 radical (unpaired) electrons. The van der Waals surface area contributed by atoms with Gasteiger partial charge in [0.25, 0.3) is 0 Å². The van der Waals surface area contributed by atoms with Gasteiger partial charge in [-0.25, -0.2) is 0 Å². The Morgan fingerprint density at radius 2 is 2.57 bits per heavy atom. The van der Waals surface area contributed by atoms with Crippen LogP contribution in [0.5, 0.6) is 0 Å². The summed E-state index contributed by atoms with van der Waals surface area (Å²) in [5, 5.41) is 11.5. The van der Waals surface area contributed by atoms with Crippen LogP contribution >= 0.6 is 11.3 Å². The van der Waals surface area contributed by atoms with Crippen molar-refractivity contribution in [1.82, 2.24) is 15.1 Å². The minimum atomic E-state index is 0.268. The second-order valence-electron chi connectivity index (χ2n) is 3.15. The van der Waals surface area contributed by atoms with Crippen LogP contribution in [0.2, 0.25) is 0 Å². The van der Waals surface area contributed by atoms with E-state index in [2.05, 4.69) is 15.5 Å². The summed E-state index contributed by atoms with van der Waals surface area (Å²) in [5.74, 6) is 0.268. The van der Waals surface area contributed by atoms with E-state index in [1.54, 1.807) is 5.51 Å². The lowest BCUT2D eigenvalue weighted by molar-refractivity contribution is -0.127. The minimum absolute atomic E-state index is 0.268. The van der Waals surface area contributed by atoms with Gasteiger partial charge in [-0.1, -0.05) is 11.3 Å². The molecule has 0 aliphatic carbocycles. The summed E-state index contributed by atoms with van der Waals surface area (Å²) >= 11 is 1.47. The second-order valence-corrected chi connectivity index (χ2v) is 3.99. The van der Waals surface area contributed by atoms with Crippen LogP contribution in [0.4, 0.5) is 5.13 Å². The molecule has 1 aromatic heterocycles. The number of nitrogens with one attached hydrogen (secondary N) is 1. The average Bonchev–Trinajstić information content (AvgIpc) is 2.78. The lowest BCUT2D eigenvalue weighted by Crippen LogP contribution is -2.29. The maximum atomic E-state index is 11.2. The number of amides is 1. The van der Waals surface area contributed by atoms with Gasteiger partial charge in [0.15, 0.2) is 0 Å². The Hall–Kier alpha value is -1.17. The predicted octanol–water partition coefficient (Wildman–Crippen LogP) is 0.572. The molecule has 1 N–H and O–H groups in total. The molecule has 0 aromatic carbocycles. The fourth-order valence-electron chi connectivity index (χ4n) is 1.49. The third-order valence-corrected chi connectivity index (χ3v) is 2.84. The van der Waals surface area contributed by atoms with Crippen molar-refractivity contribution < 1.29 is 4.79 Å². The third kappa shape index (κ3) is 2.20. The molecule has 1 aliphatic rings. The third-order valence-electron chi connectivity index (χ3n) is 2.19. The van der Waals surface area contributed by atoms with Crippen molar-refractivity contribution in [3.05, 3.63) is 5.51 Å². The fraction of sp³-hybridized carbons (Fsp3) is 0.625. The SMILES string of the molecule is O=C1CCCN1CCNc1nncs1. The number of aromatic nitrogens is 2. The summed E-state index contributed by atoms with van der Waals surface area (Å²) in [4.78, 5) is 13.1. The molecule has 1 fully saturated rings. The zero-order chi connectivity index (χ0) is 9.80. The van der Waals surface area contributed by atoms with Gasteiger partial charge in [-0.15, -0.1) is 10.2 Å². The molecule has 0 spiro atoms. The zero-order valence-electron chi connectivity index (χ0n) is 7.77. The second kappa shape index (κ2) is 4.36. The Morgan fingerprint density at radius 1 is 1.64 bits per heavy atom. The summed E-state index contributed by atoms with van der Waals surface area (Å²) in [5.41, 5.74) is 1.68. The molecular formula is C8H12N4OS. The van der Waals surface area contributed by atoms with E-state index in [-0.39, 0.29) is 5.91 Å². The van der Waals surface area contributed by atoms with Crippen LogP contribution in [0.25, 0.3) is 0 Å². The van der Waals surface area contributed by atoms with E-state index >= 15 is 0 Å². The van der Waals surface area contributed by atoms with Crippen molar-refractivity contribution in [2.45, 2.75) is 12.8 Å². The minimum Gasteiger partial charge on any atom is -0.358 e. The van der Waals surface area contributed by atoms with Crippen molar-refractivity contribution in [2.24, 2.45) is 0 Å². The molecule has 0 saturated carbocycles. The summed E-state index contributed by atoms with van der Waals surface area (Å²) in [6.07, 6.45) is 1.70. The van der Waals surface area contributed by atoms with Crippen LogP contribution < -0.4 is 5.32 Å². The first kappa shape index (κ1) is 9.39. The van der Waals surface area contributed by atoms with E-state index < -0.39 is 0 Å². The summed E-state index contributed by atoms with van der Waals surface area (Å²) in [7, 11) is 0. The lowest BCUT2D eigenvalue weighted by atomic mass is 10.4. The fourth-order valence-corrected chi connectivity index (χ4v) is 1.96. The Kier molecular flexibility index (Phi) is 2.93. The van der Waals surface area contributed by atoms with Gasteiger partial charge in [-0.2, -0.15) is 0 Å². The van der Waals surface area contributed by atoms with Crippen LogP contribution in [0.3, 0.4) is 0 Å². The van der Waals surface area contributed by atoms with Gasteiger partial charge >= 0.3 is 0 Å². The number of likely N-dealkylation sites (tertiary alicyclic amines) is 1. The van der Waals surface area contributed by atoms with Crippen molar-refractivity contribution in [2.75, 3.05) is 25.0 Å². The molecule has 1 aliphatic heterocycles. The molecular weight excluding hydrogens is 200 g/mol. The normalized spacial score (nSPS) is 16.3. The molecule has 2 heterocycles. The first-order valence-electron chi connectivity index (χ1n) is 4.64. The highest BCUT2D eigenvalue weighted by Gasteiger charge is 2.18. The Bertz CT molecular complexity index is 300. The van der Waals surface area contributed by atoms with Gasteiger partial charge in [0, 0.05) is 26.1 Å². The van der Waals surface area contributed by atoms with Crippen LogP contribution in [0.15, 0.2) is 5.51 Å². The number of hydrogen-bond donors (Lipinski definition) is 1. The van der Waals surface area contributed by atoms with Gasteiger partial charge in [-0.3, -0.25) is 4.79 Å². The van der Waals surface area contributed by atoms with E-state index in [1.165, 1.54) is 11.3 Å². The number of rotatable bonds is 4. The predicted molar refractivity (Wildman–Crippen MR) is 54.2 cm³/mol. The van der Waals surface area contributed by atoms with Crippen LogP contribution in [-0.2, 0) is 4.79 Å². The summed E-state index contributed by atoms with van der Waals surface area (Å²) in [6.45, 7) is 2.41. The van der Waals surface area contributed by atoms with Crippen LogP contribution in [0, 0.1) is 0 Å². The van der Waals surface area contributed by atoms with E-state index in [0.717, 1.165) is 31.2 Å². The average molecular weight is 212 g/mol. The first-order valence-corrected chi connectivity index (χ1v) is 5.52. The smallest absolute Gasteiger partial charge is 0.222 e. The first-order chi connectivity index (χ1) is 6.86. The Balaban J connectivity index is 1.70. The van der Waals surface area contributed by atoms with E-state index in [9.17, 15) is 4.79 Å². The number of carbonyl (C=O) groups excluding carboxylic acids is 1. The molecule has 14 heavy (non-hydrogen) atoms. The highest BCUT2D eigenvalue weighted by atomic mass is 32.1. The molecule has 1 amide bonds. The van der Waals surface area contributed by atoms with Crippen molar-refractivity contribution >= 4 is 22.4 Å². The molecule has 0 unspecified atom stereocenters. The van der Waals surface area contributed by atoms with E-state index in [1.807, 2.05) is 4.90 Å². The van der Waals surface area contributed by atoms with E-state index in [0.29, 0.717) is 6.42 Å². The number of anilines is 1. The van der Waals surface area contributed by atoms with Crippen LogP contribution in [0.1, 0.15) is 12.8 Å². The molecule has 6 heteroatoms. The molecule has 1 aromatic rings. The summed E-state index contributed by atoms with van der Waals surface area (Å²) in [6, 6.07) is 0. The largest absolute Gasteiger partial charge is 0.358 e. The number of hydrogen-bond acceptors (Lipinski definition) is 5. The Morgan fingerprint density at radius 3 is 3.21 bits per heavy atom. The van der Waals surface area contributed by atoms with Gasteiger partial charge in [0.1, 0.15) is 5.51 Å². The topological polar surface area (TPSA) is 58.1 Å². The molecule has 1 saturated heterocycles. The molecule has 2 rings (SSSR count). The van der Waals surface area contributed by atoms with E-state index in [4.69, 9.17) is 0 Å². The monoisotopic (exact) mass is 212 g/mol. The summed E-state index contributed by atoms with van der Waals surface area (Å²) < 4.78 is 0. The molecule has 0 bridgehead atoms. The molecule has 0 atom stereocenters. The molecule has 76 valence electrons. The van der Waals surface area contributed by atoms with Crippen molar-refractivity contribution in [3.63, 3.8) is 0 Å². The van der Waals surface area contributed by atoms with Crippen molar-refractivity contribution in [1.29, 1.82) is 0 Å². The zero-order valence-corrected chi connectivity index (χ0v) is 8.59. The van der Waals surface area contributed by atoms with Crippen molar-refractivity contribution in [3.8, 4) is 0 Å². The number of carbonyl (C=O) groups is 1. The highest BCUT2D eigenvalue weighted by molar-refractivity contribution is 7.13. The van der Waals surface area contributed by atoms with Gasteiger partial charge in [0.05, 0.1) is 0 Å².